The zero-order valence-corrected chi connectivity index (χ0v) is 12.3. The zero-order chi connectivity index (χ0) is 14.2. The van der Waals surface area contributed by atoms with Crippen molar-refractivity contribution in [3.63, 3.8) is 0 Å². The first-order valence-corrected chi connectivity index (χ1v) is 7.41. The molecule has 0 aliphatic rings. The summed E-state index contributed by atoms with van der Waals surface area (Å²) in [4.78, 5) is 15.9. The van der Waals surface area contributed by atoms with Crippen LogP contribution in [0, 0.1) is 6.92 Å². The largest absolute Gasteiger partial charge is 0.375 e. The van der Waals surface area contributed by atoms with Crippen LogP contribution < -0.4 is 5.32 Å². The molecule has 1 aromatic heterocycles. The highest BCUT2D eigenvalue weighted by atomic mass is 32.1. The molecule has 2 rings (SSSR count). The van der Waals surface area contributed by atoms with Crippen LogP contribution in [-0.2, 0) is 22.6 Å². The van der Waals surface area contributed by atoms with Crippen molar-refractivity contribution in [1.29, 1.82) is 0 Å². The molecule has 4 nitrogen and oxygen atoms in total. The number of rotatable bonds is 7. The van der Waals surface area contributed by atoms with Crippen LogP contribution in [0.1, 0.15) is 16.3 Å². The second-order valence-electron chi connectivity index (χ2n) is 4.42. The molecule has 106 valence electrons. The van der Waals surface area contributed by atoms with E-state index in [0.29, 0.717) is 26.2 Å². The van der Waals surface area contributed by atoms with Gasteiger partial charge in [-0.25, -0.2) is 4.98 Å². The number of aryl methyl sites for hydroxylation is 1. The van der Waals surface area contributed by atoms with E-state index in [9.17, 15) is 4.79 Å². The maximum absolute atomic E-state index is 11.7. The molecule has 1 aromatic carbocycles. The van der Waals surface area contributed by atoms with Gasteiger partial charge < -0.3 is 10.1 Å². The third kappa shape index (κ3) is 5.11. The van der Waals surface area contributed by atoms with Crippen LogP contribution in [0.4, 0.5) is 0 Å². The molecular weight excluding hydrogens is 272 g/mol. The third-order valence-corrected chi connectivity index (χ3v) is 3.51. The maximum atomic E-state index is 11.7. The summed E-state index contributed by atoms with van der Waals surface area (Å²) in [6.07, 6.45) is 0.336. The molecule has 2 aromatic rings. The Morgan fingerprint density at radius 2 is 2.15 bits per heavy atom. The normalized spacial score (nSPS) is 10.4. The predicted molar refractivity (Wildman–Crippen MR) is 79.7 cm³/mol. The van der Waals surface area contributed by atoms with Gasteiger partial charge in [0.15, 0.2) is 0 Å². The van der Waals surface area contributed by atoms with E-state index >= 15 is 0 Å². The number of hydrogen-bond donors (Lipinski definition) is 1. The van der Waals surface area contributed by atoms with Crippen LogP contribution in [0.2, 0.25) is 0 Å². The minimum Gasteiger partial charge on any atom is -0.375 e. The van der Waals surface area contributed by atoms with Gasteiger partial charge in [-0.15, -0.1) is 11.3 Å². The Morgan fingerprint density at radius 3 is 2.85 bits per heavy atom. The summed E-state index contributed by atoms with van der Waals surface area (Å²) in [5, 5.41) is 5.73. The van der Waals surface area contributed by atoms with Gasteiger partial charge in [-0.3, -0.25) is 4.79 Å². The molecule has 0 spiro atoms. The molecule has 1 N–H and O–H groups in total. The lowest BCUT2D eigenvalue weighted by molar-refractivity contribution is -0.120. The van der Waals surface area contributed by atoms with Crippen molar-refractivity contribution in [2.24, 2.45) is 0 Å². The molecule has 0 atom stereocenters. The molecule has 0 aliphatic heterocycles. The van der Waals surface area contributed by atoms with Gasteiger partial charge in [0, 0.05) is 11.9 Å². The molecule has 0 bridgehead atoms. The fourth-order valence-corrected chi connectivity index (χ4v) is 2.36. The minimum absolute atomic E-state index is 0.0152. The smallest absolute Gasteiger partial charge is 0.226 e. The predicted octanol–water partition coefficient (Wildman–Crippen LogP) is 2.33. The first-order valence-electron chi connectivity index (χ1n) is 6.53. The number of thiazole rings is 1. The third-order valence-electron chi connectivity index (χ3n) is 2.69. The van der Waals surface area contributed by atoms with Crippen LogP contribution in [0.25, 0.3) is 0 Å². The maximum Gasteiger partial charge on any atom is 0.226 e. The van der Waals surface area contributed by atoms with Crippen molar-refractivity contribution in [2.75, 3.05) is 13.2 Å². The quantitative estimate of drug-likeness (QED) is 0.796. The number of carbonyl (C=O) groups excluding carboxylic acids is 1. The molecule has 1 heterocycles. The lowest BCUT2D eigenvalue weighted by Crippen LogP contribution is -2.28. The first kappa shape index (κ1) is 14.7. The molecule has 5 heteroatoms. The fourth-order valence-electron chi connectivity index (χ4n) is 1.74. The van der Waals surface area contributed by atoms with Crippen LogP contribution in [0.3, 0.4) is 0 Å². The number of amides is 1. The Bertz CT molecular complexity index is 540. The molecule has 20 heavy (non-hydrogen) atoms. The van der Waals surface area contributed by atoms with Crippen LogP contribution in [0.5, 0.6) is 0 Å². The Kier molecular flexibility index (Phi) is 5.70. The van der Waals surface area contributed by atoms with Crippen molar-refractivity contribution >= 4 is 17.2 Å². The standard InChI is InChI=1S/C15H18N2O2S/c1-12-17-14(11-20-12)9-15(18)16-7-8-19-10-13-5-3-2-4-6-13/h2-6,11H,7-10H2,1H3,(H,16,18). The average molecular weight is 290 g/mol. The SMILES string of the molecule is Cc1nc(CC(=O)NCCOCc2ccccc2)cs1. The van der Waals surface area contributed by atoms with E-state index < -0.39 is 0 Å². The van der Waals surface area contributed by atoms with E-state index in [-0.39, 0.29) is 5.91 Å². The van der Waals surface area contributed by atoms with Crippen LogP contribution in [0.15, 0.2) is 35.7 Å². The second-order valence-corrected chi connectivity index (χ2v) is 5.49. The number of benzene rings is 1. The number of hydrogen-bond acceptors (Lipinski definition) is 4. The van der Waals surface area contributed by atoms with E-state index in [2.05, 4.69) is 10.3 Å². The van der Waals surface area contributed by atoms with Crippen molar-refractivity contribution in [2.45, 2.75) is 20.0 Å². The molecule has 0 unspecified atom stereocenters. The summed E-state index contributed by atoms with van der Waals surface area (Å²) in [6, 6.07) is 9.98. The summed E-state index contributed by atoms with van der Waals surface area (Å²) < 4.78 is 5.50. The molecule has 0 saturated heterocycles. The zero-order valence-electron chi connectivity index (χ0n) is 11.5. The topological polar surface area (TPSA) is 51.2 Å². The lowest BCUT2D eigenvalue weighted by atomic mass is 10.2. The number of nitrogens with one attached hydrogen (secondary N) is 1. The van der Waals surface area contributed by atoms with Gasteiger partial charge in [-0.2, -0.15) is 0 Å². The van der Waals surface area contributed by atoms with E-state index in [4.69, 9.17) is 4.74 Å². The monoisotopic (exact) mass is 290 g/mol. The summed E-state index contributed by atoms with van der Waals surface area (Å²) in [6.45, 7) is 3.54. The highest BCUT2D eigenvalue weighted by Crippen LogP contribution is 2.08. The Hall–Kier alpha value is -1.72. The highest BCUT2D eigenvalue weighted by Gasteiger charge is 2.05. The molecular formula is C15H18N2O2S. The van der Waals surface area contributed by atoms with Crippen LogP contribution in [-0.4, -0.2) is 24.0 Å². The van der Waals surface area contributed by atoms with E-state index in [1.54, 1.807) is 11.3 Å². The van der Waals surface area contributed by atoms with Gasteiger partial charge in [0.25, 0.3) is 0 Å². The van der Waals surface area contributed by atoms with Gasteiger partial charge >= 0.3 is 0 Å². The van der Waals surface area contributed by atoms with Gasteiger partial charge in [0.2, 0.25) is 5.91 Å². The van der Waals surface area contributed by atoms with E-state index in [1.807, 2.05) is 42.6 Å². The first-order chi connectivity index (χ1) is 9.74. The van der Waals surface area contributed by atoms with Crippen molar-refractivity contribution < 1.29 is 9.53 Å². The summed E-state index contributed by atoms with van der Waals surface area (Å²) in [5.74, 6) is -0.0152. The number of nitrogens with zero attached hydrogens (tertiary/aromatic N) is 1. The van der Waals surface area contributed by atoms with Crippen molar-refractivity contribution in [3.05, 3.63) is 52.0 Å². The summed E-state index contributed by atoms with van der Waals surface area (Å²) in [5.41, 5.74) is 1.96. The minimum atomic E-state index is -0.0152. The van der Waals surface area contributed by atoms with Crippen LogP contribution >= 0.6 is 11.3 Å². The Morgan fingerprint density at radius 1 is 1.35 bits per heavy atom. The van der Waals surface area contributed by atoms with Gasteiger partial charge in [-0.1, -0.05) is 30.3 Å². The van der Waals surface area contributed by atoms with Gasteiger partial charge in [0.05, 0.1) is 30.3 Å². The van der Waals surface area contributed by atoms with Gasteiger partial charge in [0.1, 0.15) is 0 Å². The van der Waals surface area contributed by atoms with Crippen molar-refractivity contribution in [3.8, 4) is 0 Å². The highest BCUT2D eigenvalue weighted by molar-refractivity contribution is 7.09. The Labute approximate surface area is 122 Å². The molecule has 1 amide bonds. The Balaban J connectivity index is 1.58. The molecule has 0 saturated carbocycles. The summed E-state index contributed by atoms with van der Waals surface area (Å²) in [7, 11) is 0. The second kappa shape index (κ2) is 7.77. The molecule has 0 radical (unpaired) electrons. The van der Waals surface area contributed by atoms with Crippen molar-refractivity contribution in [1.82, 2.24) is 10.3 Å². The van der Waals surface area contributed by atoms with E-state index in [0.717, 1.165) is 16.3 Å². The lowest BCUT2D eigenvalue weighted by Gasteiger charge is -2.06. The average Bonchev–Trinajstić information content (AvgIpc) is 2.85. The molecule has 0 fully saturated rings. The fraction of sp³-hybridized carbons (Fsp3) is 0.333. The number of ether oxygens (including phenoxy) is 1. The number of carbonyl (C=O) groups is 1. The van der Waals surface area contributed by atoms with E-state index in [1.165, 1.54) is 0 Å². The summed E-state index contributed by atoms with van der Waals surface area (Å²) >= 11 is 1.56. The number of aromatic nitrogens is 1. The van der Waals surface area contributed by atoms with Gasteiger partial charge in [-0.05, 0) is 12.5 Å². The molecule has 0 aliphatic carbocycles.